The molecule has 0 aliphatic rings. The fourth-order valence-electron chi connectivity index (χ4n) is 2.58. The SMILES string of the molecule is COCCCNS(=O)(=O)NC(=O)OCc1ccc(OCCOC)cc1Oc1ncc(C(F)(F)F)cc1Cl. The first-order valence-corrected chi connectivity index (χ1v) is 12.4. The van der Waals surface area contributed by atoms with Crippen molar-refractivity contribution in [3.05, 3.63) is 46.6 Å². The number of nitrogens with one attached hydrogen (secondary N) is 2. The van der Waals surface area contributed by atoms with Crippen LogP contribution in [0.25, 0.3) is 0 Å². The second kappa shape index (κ2) is 14.2. The van der Waals surface area contributed by atoms with E-state index in [4.69, 9.17) is 35.3 Å². The van der Waals surface area contributed by atoms with Gasteiger partial charge in [-0.15, -0.1) is 0 Å². The fourth-order valence-corrected chi connectivity index (χ4v) is 3.55. The minimum atomic E-state index is -4.66. The van der Waals surface area contributed by atoms with Crippen molar-refractivity contribution < 1.29 is 50.1 Å². The molecule has 11 nitrogen and oxygen atoms in total. The molecule has 2 N–H and O–H groups in total. The highest BCUT2D eigenvalue weighted by molar-refractivity contribution is 7.88. The molecule has 0 saturated carbocycles. The Balaban J connectivity index is 2.16. The molecule has 0 unspecified atom stereocenters. The highest BCUT2D eigenvalue weighted by Gasteiger charge is 2.32. The van der Waals surface area contributed by atoms with E-state index in [0.717, 1.165) is 0 Å². The van der Waals surface area contributed by atoms with Gasteiger partial charge in [-0.1, -0.05) is 11.6 Å². The molecular weight excluding hydrogens is 547 g/mol. The van der Waals surface area contributed by atoms with Crippen molar-refractivity contribution in [1.29, 1.82) is 0 Å². The summed E-state index contributed by atoms with van der Waals surface area (Å²) in [5.41, 5.74) is -0.865. The van der Waals surface area contributed by atoms with Crippen LogP contribution in [0, 0.1) is 0 Å². The van der Waals surface area contributed by atoms with Crippen molar-refractivity contribution in [2.24, 2.45) is 0 Å². The van der Waals surface area contributed by atoms with Crippen LogP contribution in [0.5, 0.6) is 17.4 Å². The van der Waals surface area contributed by atoms with Gasteiger partial charge in [0.25, 0.3) is 0 Å². The number of nitrogens with zero attached hydrogens (tertiary/aromatic N) is 1. The number of halogens is 4. The van der Waals surface area contributed by atoms with Gasteiger partial charge in [0.05, 0.1) is 12.2 Å². The number of carbonyl (C=O) groups is 1. The van der Waals surface area contributed by atoms with Crippen molar-refractivity contribution in [2.45, 2.75) is 19.2 Å². The highest BCUT2D eigenvalue weighted by atomic mass is 35.5. The number of amides is 1. The lowest BCUT2D eigenvalue weighted by atomic mass is 10.2. The monoisotopic (exact) mass is 571 g/mol. The second-order valence-corrected chi connectivity index (χ2v) is 9.05. The van der Waals surface area contributed by atoms with E-state index < -0.39 is 39.7 Å². The van der Waals surface area contributed by atoms with E-state index in [2.05, 4.69) is 9.71 Å². The van der Waals surface area contributed by atoms with Gasteiger partial charge in [0.15, 0.2) is 0 Å². The minimum absolute atomic E-state index is 0.0163. The number of aromatic nitrogens is 1. The Morgan fingerprint density at radius 3 is 2.49 bits per heavy atom. The van der Waals surface area contributed by atoms with Crippen molar-refractivity contribution in [3.8, 4) is 17.4 Å². The molecule has 206 valence electrons. The van der Waals surface area contributed by atoms with E-state index in [0.29, 0.717) is 31.0 Å². The number of methoxy groups -OCH3 is 2. The third-order valence-corrected chi connectivity index (χ3v) is 5.62. The predicted molar refractivity (Wildman–Crippen MR) is 125 cm³/mol. The molecule has 0 aliphatic heterocycles. The lowest BCUT2D eigenvalue weighted by molar-refractivity contribution is -0.137. The summed E-state index contributed by atoms with van der Waals surface area (Å²) in [5.74, 6) is -0.0687. The van der Waals surface area contributed by atoms with Gasteiger partial charge in [-0.25, -0.2) is 14.5 Å². The Labute approximate surface area is 216 Å². The quantitative estimate of drug-likeness (QED) is 0.326. The van der Waals surface area contributed by atoms with E-state index in [9.17, 15) is 26.4 Å². The van der Waals surface area contributed by atoms with E-state index in [1.165, 1.54) is 32.4 Å². The van der Waals surface area contributed by atoms with Crippen LogP contribution in [0.1, 0.15) is 17.5 Å². The van der Waals surface area contributed by atoms with Crippen molar-refractivity contribution in [2.75, 3.05) is 40.6 Å². The summed E-state index contributed by atoms with van der Waals surface area (Å²) in [6, 6.07) is 4.97. The number of rotatable bonds is 14. The van der Waals surface area contributed by atoms with Crippen LogP contribution in [0.2, 0.25) is 5.02 Å². The second-order valence-electron chi connectivity index (χ2n) is 7.14. The molecule has 0 aliphatic carbocycles. The summed E-state index contributed by atoms with van der Waals surface area (Å²) in [5, 5.41) is -0.421. The first-order valence-electron chi connectivity index (χ1n) is 10.5. The Morgan fingerprint density at radius 2 is 1.84 bits per heavy atom. The number of carbonyl (C=O) groups excluding carboxylic acids is 1. The van der Waals surface area contributed by atoms with Crippen LogP contribution >= 0.6 is 11.6 Å². The molecule has 1 aromatic carbocycles. The van der Waals surface area contributed by atoms with E-state index in [-0.39, 0.29) is 37.0 Å². The zero-order valence-corrected chi connectivity index (χ0v) is 21.3. The number of alkyl halides is 3. The van der Waals surface area contributed by atoms with Gasteiger partial charge in [0.2, 0.25) is 5.88 Å². The van der Waals surface area contributed by atoms with Crippen LogP contribution in [0.15, 0.2) is 30.5 Å². The number of pyridine rings is 1. The Kier molecular flexibility index (Phi) is 11.6. The topological polar surface area (TPSA) is 134 Å². The maximum atomic E-state index is 12.9. The Bertz CT molecular complexity index is 1150. The van der Waals surface area contributed by atoms with Gasteiger partial charge >= 0.3 is 22.5 Å². The van der Waals surface area contributed by atoms with Crippen molar-refractivity contribution >= 4 is 27.9 Å². The number of ether oxygens (including phenoxy) is 5. The van der Waals surface area contributed by atoms with Gasteiger partial charge in [0.1, 0.15) is 29.7 Å². The molecule has 0 radical (unpaired) electrons. The van der Waals surface area contributed by atoms with Gasteiger partial charge in [-0.2, -0.15) is 26.3 Å². The number of hydrogen-bond acceptors (Lipinski definition) is 9. The molecule has 2 rings (SSSR count). The Morgan fingerprint density at radius 1 is 1.11 bits per heavy atom. The maximum absolute atomic E-state index is 12.9. The van der Waals surface area contributed by atoms with Gasteiger partial charge in [-0.05, 0) is 24.6 Å². The van der Waals surface area contributed by atoms with E-state index in [1.807, 2.05) is 0 Å². The first-order chi connectivity index (χ1) is 17.4. The maximum Gasteiger partial charge on any atom is 0.422 e. The van der Waals surface area contributed by atoms with Crippen LogP contribution in [-0.4, -0.2) is 60.1 Å². The van der Waals surface area contributed by atoms with Crippen LogP contribution in [0.4, 0.5) is 18.0 Å². The molecule has 16 heteroatoms. The van der Waals surface area contributed by atoms with Crippen LogP contribution in [-0.2, 0) is 37.2 Å². The van der Waals surface area contributed by atoms with Crippen molar-refractivity contribution in [3.63, 3.8) is 0 Å². The number of hydrogen-bond donors (Lipinski definition) is 2. The standard InChI is InChI=1S/C21H25ClF3N3O8S/c1-32-7-3-6-27-37(30,31)28-20(29)35-13-14-4-5-16(34-9-8-33-2)11-18(14)36-19-17(22)10-15(12-26-19)21(23,24)25/h4-5,10-12,27H,3,6-9,13H2,1-2H3,(H,28,29). The number of benzene rings is 1. The lowest BCUT2D eigenvalue weighted by Crippen LogP contribution is -2.41. The zero-order chi connectivity index (χ0) is 27.5. The molecule has 0 bridgehead atoms. The molecule has 37 heavy (non-hydrogen) atoms. The Hall–Kier alpha value is -2.85. The summed E-state index contributed by atoms with van der Waals surface area (Å²) >= 11 is 5.93. The molecule has 0 fully saturated rings. The smallest absolute Gasteiger partial charge is 0.422 e. The van der Waals surface area contributed by atoms with Gasteiger partial charge in [-0.3, -0.25) is 0 Å². The zero-order valence-electron chi connectivity index (χ0n) is 19.8. The fraction of sp³-hybridized carbons (Fsp3) is 0.429. The van der Waals surface area contributed by atoms with Crippen LogP contribution < -0.4 is 18.9 Å². The van der Waals surface area contributed by atoms with Gasteiger partial charge < -0.3 is 23.7 Å². The summed E-state index contributed by atoms with van der Waals surface area (Å²) in [7, 11) is -1.23. The first kappa shape index (κ1) is 30.4. The molecular formula is C21H25ClF3N3O8S. The molecule has 0 spiro atoms. The lowest BCUT2D eigenvalue weighted by Gasteiger charge is -2.15. The molecule has 0 saturated heterocycles. The third-order valence-electron chi connectivity index (χ3n) is 4.33. The molecule has 0 atom stereocenters. The van der Waals surface area contributed by atoms with Gasteiger partial charge in [0, 0.05) is 45.2 Å². The summed E-state index contributed by atoms with van der Waals surface area (Å²) in [4.78, 5) is 15.6. The third kappa shape index (κ3) is 10.6. The predicted octanol–water partition coefficient (Wildman–Crippen LogP) is 3.67. The highest BCUT2D eigenvalue weighted by Crippen LogP contribution is 2.36. The minimum Gasteiger partial charge on any atom is -0.491 e. The normalized spacial score (nSPS) is 11.7. The van der Waals surface area contributed by atoms with E-state index in [1.54, 1.807) is 4.72 Å². The average molecular weight is 572 g/mol. The molecule has 1 heterocycles. The van der Waals surface area contributed by atoms with Crippen molar-refractivity contribution in [1.82, 2.24) is 14.4 Å². The molecule has 1 amide bonds. The largest absolute Gasteiger partial charge is 0.491 e. The summed E-state index contributed by atoms with van der Waals surface area (Å²) < 4.78 is 92.2. The summed E-state index contributed by atoms with van der Waals surface area (Å²) in [6.45, 7) is 0.333. The summed E-state index contributed by atoms with van der Waals surface area (Å²) in [6.07, 6.45) is -5.01. The van der Waals surface area contributed by atoms with E-state index >= 15 is 0 Å². The molecule has 1 aromatic heterocycles. The average Bonchev–Trinajstić information content (AvgIpc) is 2.82. The molecule has 2 aromatic rings. The van der Waals surface area contributed by atoms with Crippen LogP contribution in [0.3, 0.4) is 0 Å².